The standard InChI is InChI=1S/C12H24.HO2P/c1-2-4-6-8-10-12-11-9-7-5-3-1;1-3-2/h1-12H2;(H,1,2). The Kier molecular flexibility index (Phi) is 14.1. The van der Waals surface area contributed by atoms with Crippen LogP contribution in [0, 0.1) is 0 Å². The minimum atomic E-state index is -0.833. The Morgan fingerprint density at radius 2 is 0.600 bits per heavy atom. The first-order chi connectivity index (χ1) is 7.41. The summed E-state index contributed by atoms with van der Waals surface area (Å²) in [7, 11) is -0.833. The molecule has 0 unspecified atom stereocenters. The average molecular weight is 232 g/mol. The van der Waals surface area contributed by atoms with Crippen LogP contribution in [0.15, 0.2) is 0 Å². The van der Waals surface area contributed by atoms with Crippen LogP contribution in [0.5, 0.6) is 0 Å². The molecule has 0 amide bonds. The molecule has 3 heteroatoms. The molecule has 1 rings (SSSR count). The Labute approximate surface area is 95.8 Å². The van der Waals surface area contributed by atoms with E-state index in [1.165, 1.54) is 77.0 Å². The zero-order valence-corrected chi connectivity index (χ0v) is 10.7. The molecule has 15 heavy (non-hydrogen) atoms. The van der Waals surface area contributed by atoms with E-state index in [9.17, 15) is 0 Å². The predicted octanol–water partition coefficient (Wildman–Crippen LogP) is 4.87. The minimum Gasteiger partial charge on any atom is -0.310 e. The van der Waals surface area contributed by atoms with Crippen molar-refractivity contribution in [3.05, 3.63) is 0 Å². The van der Waals surface area contributed by atoms with Crippen LogP contribution in [-0.2, 0) is 4.57 Å². The monoisotopic (exact) mass is 232 g/mol. The lowest BCUT2D eigenvalue weighted by molar-refractivity contribution is 0.504. The highest BCUT2D eigenvalue weighted by Gasteiger charge is 1.96. The van der Waals surface area contributed by atoms with E-state index in [4.69, 9.17) is 9.46 Å². The van der Waals surface area contributed by atoms with Crippen molar-refractivity contribution in [3.8, 4) is 0 Å². The van der Waals surface area contributed by atoms with E-state index < -0.39 is 8.69 Å². The van der Waals surface area contributed by atoms with Crippen molar-refractivity contribution in [1.82, 2.24) is 0 Å². The molecule has 0 saturated heterocycles. The molecular formula is C12H25O2P. The molecule has 0 radical (unpaired) electrons. The maximum absolute atomic E-state index is 8.46. The molecule has 1 N–H and O–H groups in total. The van der Waals surface area contributed by atoms with Gasteiger partial charge in [0.15, 0.2) is 0 Å². The Balaban J connectivity index is 0.000000583. The highest BCUT2D eigenvalue weighted by atomic mass is 31.1. The minimum absolute atomic E-state index is 0.833. The second-order valence-electron chi connectivity index (χ2n) is 4.32. The van der Waals surface area contributed by atoms with E-state index in [-0.39, 0.29) is 0 Å². The van der Waals surface area contributed by atoms with Gasteiger partial charge in [-0.1, -0.05) is 77.0 Å². The lowest BCUT2D eigenvalue weighted by Gasteiger charge is -2.05. The van der Waals surface area contributed by atoms with Crippen molar-refractivity contribution >= 4 is 8.69 Å². The van der Waals surface area contributed by atoms with Crippen LogP contribution in [0.4, 0.5) is 0 Å². The smallest absolute Gasteiger partial charge is 0.310 e. The summed E-state index contributed by atoms with van der Waals surface area (Å²) in [5.74, 6) is 0. The Morgan fingerprint density at radius 3 is 0.667 bits per heavy atom. The Bertz CT molecular complexity index is 85.8. The SMILES string of the molecule is C1CCCCCCCCCCC1.O=PO. The van der Waals surface area contributed by atoms with Crippen molar-refractivity contribution in [3.63, 3.8) is 0 Å². The van der Waals surface area contributed by atoms with Crippen molar-refractivity contribution < 1.29 is 9.46 Å². The molecular weight excluding hydrogens is 207 g/mol. The van der Waals surface area contributed by atoms with Crippen molar-refractivity contribution in [2.45, 2.75) is 77.0 Å². The summed E-state index contributed by atoms with van der Waals surface area (Å²) >= 11 is 0. The van der Waals surface area contributed by atoms with Gasteiger partial charge >= 0.3 is 8.69 Å². The van der Waals surface area contributed by atoms with Crippen LogP contribution in [0.25, 0.3) is 0 Å². The first kappa shape index (κ1) is 15.1. The topological polar surface area (TPSA) is 37.3 Å². The summed E-state index contributed by atoms with van der Waals surface area (Å²) in [5, 5.41) is 0. The fourth-order valence-electron chi connectivity index (χ4n) is 2.12. The molecule has 0 aromatic carbocycles. The van der Waals surface area contributed by atoms with Gasteiger partial charge in [-0.3, -0.25) is 0 Å². The van der Waals surface area contributed by atoms with Crippen molar-refractivity contribution in [2.24, 2.45) is 0 Å². The molecule has 90 valence electrons. The summed E-state index contributed by atoms with van der Waals surface area (Å²) in [4.78, 5) is 6.99. The van der Waals surface area contributed by atoms with Gasteiger partial charge in [-0.05, 0) is 0 Å². The summed E-state index contributed by atoms with van der Waals surface area (Å²) in [6.45, 7) is 0. The van der Waals surface area contributed by atoms with E-state index in [2.05, 4.69) is 0 Å². The fourth-order valence-corrected chi connectivity index (χ4v) is 2.12. The molecule has 1 fully saturated rings. The van der Waals surface area contributed by atoms with Crippen LogP contribution in [0.2, 0.25) is 0 Å². The third kappa shape index (κ3) is 14.1. The molecule has 0 heterocycles. The van der Waals surface area contributed by atoms with E-state index in [1.54, 1.807) is 0 Å². The molecule has 0 spiro atoms. The second kappa shape index (κ2) is 14.1. The number of rotatable bonds is 0. The highest BCUT2D eigenvalue weighted by molar-refractivity contribution is 7.16. The van der Waals surface area contributed by atoms with Crippen molar-refractivity contribution in [2.75, 3.05) is 0 Å². The summed E-state index contributed by atoms with van der Waals surface area (Å²) in [6, 6.07) is 0. The molecule has 1 aliphatic carbocycles. The van der Waals surface area contributed by atoms with E-state index in [1.807, 2.05) is 0 Å². The van der Waals surface area contributed by atoms with Gasteiger partial charge in [0.05, 0.1) is 0 Å². The van der Waals surface area contributed by atoms with Crippen molar-refractivity contribution in [1.29, 1.82) is 0 Å². The molecule has 0 aromatic heterocycles. The molecule has 1 saturated carbocycles. The molecule has 1 aliphatic rings. The Morgan fingerprint density at radius 1 is 0.533 bits per heavy atom. The fraction of sp³-hybridized carbons (Fsp3) is 1.00. The van der Waals surface area contributed by atoms with Gasteiger partial charge in [0.1, 0.15) is 0 Å². The van der Waals surface area contributed by atoms with Crippen LogP contribution < -0.4 is 0 Å². The Hall–Kier alpha value is 0.0600. The average Bonchev–Trinajstić information content (AvgIpc) is 2.19. The third-order valence-corrected chi connectivity index (χ3v) is 3.00. The number of hydrogen-bond donors (Lipinski definition) is 1. The van der Waals surface area contributed by atoms with Gasteiger partial charge in [0, 0.05) is 0 Å². The molecule has 0 aliphatic heterocycles. The third-order valence-electron chi connectivity index (χ3n) is 3.00. The first-order valence-corrected chi connectivity index (χ1v) is 7.15. The van der Waals surface area contributed by atoms with Gasteiger partial charge < -0.3 is 4.89 Å². The zero-order chi connectivity index (χ0) is 11.2. The normalized spacial score (nSPS) is 20.6. The van der Waals surface area contributed by atoms with Gasteiger partial charge in [-0.25, -0.2) is 4.57 Å². The highest BCUT2D eigenvalue weighted by Crippen LogP contribution is 2.15. The second-order valence-corrected chi connectivity index (χ2v) is 4.49. The lowest BCUT2D eigenvalue weighted by atomic mass is 10.0. The molecule has 2 nitrogen and oxygen atoms in total. The van der Waals surface area contributed by atoms with Crippen LogP contribution in [0.1, 0.15) is 77.0 Å². The first-order valence-electron chi connectivity index (χ1n) is 6.38. The summed E-state index contributed by atoms with van der Waals surface area (Å²) in [6.07, 6.45) is 18.0. The zero-order valence-electron chi connectivity index (χ0n) is 9.79. The predicted molar refractivity (Wildman–Crippen MR) is 65.2 cm³/mol. The number of hydrogen-bond acceptors (Lipinski definition) is 1. The van der Waals surface area contributed by atoms with E-state index in [0.29, 0.717) is 0 Å². The van der Waals surface area contributed by atoms with Gasteiger partial charge in [-0.2, -0.15) is 0 Å². The quantitative estimate of drug-likeness (QED) is 0.605. The van der Waals surface area contributed by atoms with Gasteiger partial charge in [-0.15, -0.1) is 0 Å². The van der Waals surface area contributed by atoms with E-state index >= 15 is 0 Å². The largest absolute Gasteiger partial charge is 0.324 e. The van der Waals surface area contributed by atoms with Crippen LogP contribution in [-0.4, -0.2) is 4.89 Å². The maximum Gasteiger partial charge on any atom is 0.324 e. The van der Waals surface area contributed by atoms with Crippen LogP contribution >= 0.6 is 8.69 Å². The molecule has 0 bridgehead atoms. The molecule has 0 aromatic rings. The lowest BCUT2D eigenvalue weighted by Crippen LogP contribution is -1.85. The van der Waals surface area contributed by atoms with Gasteiger partial charge in [0.25, 0.3) is 0 Å². The van der Waals surface area contributed by atoms with E-state index in [0.717, 1.165) is 0 Å². The van der Waals surface area contributed by atoms with Gasteiger partial charge in [0.2, 0.25) is 0 Å². The van der Waals surface area contributed by atoms with Crippen LogP contribution in [0.3, 0.4) is 0 Å². The maximum atomic E-state index is 8.46. The molecule has 0 atom stereocenters. The summed E-state index contributed by atoms with van der Waals surface area (Å²) < 4.78 is 8.46. The summed E-state index contributed by atoms with van der Waals surface area (Å²) in [5.41, 5.74) is 0.